The topological polar surface area (TPSA) is 55.1 Å². The number of hydrogen-bond donors (Lipinski definition) is 2. The molecule has 1 atom stereocenters. The Hall–Kier alpha value is -1.35. The van der Waals surface area contributed by atoms with Crippen LogP contribution in [0.5, 0.6) is 0 Å². The number of hydrogen-bond acceptors (Lipinski definition) is 3. The van der Waals surface area contributed by atoms with Crippen LogP contribution in [-0.4, -0.2) is 24.0 Å². The molecule has 0 aromatic heterocycles. The van der Waals surface area contributed by atoms with E-state index in [9.17, 15) is 26.7 Å². The van der Waals surface area contributed by atoms with Gasteiger partial charge in [0.2, 0.25) is 11.7 Å². The van der Waals surface area contributed by atoms with E-state index in [4.69, 9.17) is 5.73 Å². The maximum absolute atomic E-state index is 13.3. The Morgan fingerprint density at radius 1 is 1.10 bits per heavy atom. The quantitative estimate of drug-likeness (QED) is 0.498. The second kappa shape index (κ2) is 6.89. The highest BCUT2D eigenvalue weighted by atomic mass is 32.2. The summed E-state index contributed by atoms with van der Waals surface area (Å²) in [5.74, 6) is -11.3. The lowest BCUT2D eigenvalue weighted by Gasteiger charge is -2.13. The molecule has 0 bridgehead atoms. The maximum atomic E-state index is 13.3. The lowest BCUT2D eigenvalue weighted by atomic mass is 10.2. The number of halogens is 5. The summed E-state index contributed by atoms with van der Waals surface area (Å²) in [6.45, 7) is 0. The molecule has 0 unspecified atom stereocenters. The smallest absolute Gasteiger partial charge is 0.241 e. The second-order valence-electron chi connectivity index (χ2n) is 3.82. The summed E-state index contributed by atoms with van der Waals surface area (Å²) in [5.41, 5.74) is 4.03. The molecule has 0 aliphatic carbocycles. The molecule has 3 N–H and O–H groups in total. The van der Waals surface area contributed by atoms with E-state index in [2.05, 4.69) is 0 Å². The molecule has 1 rings (SSSR count). The Bertz CT molecular complexity index is 497. The predicted octanol–water partition coefficient (Wildman–Crippen LogP) is 2.40. The van der Waals surface area contributed by atoms with Gasteiger partial charge in [-0.1, -0.05) is 0 Å². The molecule has 1 aromatic carbocycles. The second-order valence-corrected chi connectivity index (χ2v) is 4.81. The van der Waals surface area contributed by atoms with Crippen molar-refractivity contribution < 1.29 is 26.7 Å². The van der Waals surface area contributed by atoms with Gasteiger partial charge in [0.05, 0.1) is 6.04 Å². The van der Waals surface area contributed by atoms with Crippen molar-refractivity contribution in [2.75, 3.05) is 17.3 Å². The van der Waals surface area contributed by atoms with E-state index in [-0.39, 0.29) is 6.42 Å². The first-order chi connectivity index (χ1) is 9.31. The predicted molar refractivity (Wildman–Crippen MR) is 65.8 cm³/mol. The minimum atomic E-state index is -2.29. The summed E-state index contributed by atoms with van der Waals surface area (Å²) in [7, 11) is 0. The summed E-state index contributed by atoms with van der Waals surface area (Å²) in [6, 6.07) is -1.11. The Morgan fingerprint density at radius 3 is 2.00 bits per heavy atom. The SMILES string of the molecule is CSCC[C@@H](N)C(=O)Nc1c(F)c(F)c(F)c(F)c1F. The molecular formula is C11H11F5N2OS. The molecule has 0 aliphatic rings. The van der Waals surface area contributed by atoms with Crippen molar-refractivity contribution in [3.63, 3.8) is 0 Å². The van der Waals surface area contributed by atoms with Crippen LogP contribution >= 0.6 is 11.8 Å². The van der Waals surface area contributed by atoms with Crippen molar-refractivity contribution in [1.82, 2.24) is 0 Å². The van der Waals surface area contributed by atoms with Gasteiger partial charge in [0.15, 0.2) is 23.3 Å². The van der Waals surface area contributed by atoms with Crippen LogP contribution in [0.25, 0.3) is 0 Å². The lowest BCUT2D eigenvalue weighted by Crippen LogP contribution is -2.36. The van der Waals surface area contributed by atoms with E-state index in [1.165, 1.54) is 11.8 Å². The fraction of sp³-hybridized carbons (Fsp3) is 0.364. The van der Waals surface area contributed by atoms with Crippen molar-refractivity contribution in [1.29, 1.82) is 0 Å². The van der Waals surface area contributed by atoms with Gasteiger partial charge in [0.1, 0.15) is 5.69 Å². The van der Waals surface area contributed by atoms with Crippen molar-refractivity contribution >= 4 is 23.4 Å². The third-order valence-electron chi connectivity index (χ3n) is 2.43. The molecule has 0 fully saturated rings. The van der Waals surface area contributed by atoms with Gasteiger partial charge in [-0.2, -0.15) is 11.8 Å². The molecule has 0 radical (unpaired) electrons. The van der Waals surface area contributed by atoms with Gasteiger partial charge < -0.3 is 11.1 Å². The van der Waals surface area contributed by atoms with Crippen LogP contribution in [0.3, 0.4) is 0 Å². The Balaban J connectivity index is 3.01. The number of rotatable bonds is 5. The monoisotopic (exact) mass is 314 g/mol. The van der Waals surface area contributed by atoms with Crippen molar-refractivity contribution in [3.8, 4) is 0 Å². The first-order valence-corrected chi connectivity index (χ1v) is 6.77. The fourth-order valence-corrected chi connectivity index (χ4v) is 1.80. The highest BCUT2D eigenvalue weighted by Crippen LogP contribution is 2.27. The molecule has 0 saturated heterocycles. The van der Waals surface area contributed by atoms with E-state index in [0.29, 0.717) is 5.75 Å². The van der Waals surface area contributed by atoms with Crippen LogP contribution in [0, 0.1) is 29.1 Å². The zero-order chi connectivity index (χ0) is 15.4. The molecule has 20 heavy (non-hydrogen) atoms. The van der Waals surface area contributed by atoms with Crippen LogP contribution in [0.2, 0.25) is 0 Å². The minimum absolute atomic E-state index is 0.197. The minimum Gasteiger partial charge on any atom is -0.320 e. The molecule has 0 saturated carbocycles. The molecule has 0 heterocycles. The number of benzene rings is 1. The van der Waals surface area contributed by atoms with Gasteiger partial charge in [-0.15, -0.1) is 0 Å². The van der Waals surface area contributed by atoms with Gasteiger partial charge in [-0.3, -0.25) is 4.79 Å². The molecule has 0 spiro atoms. The van der Waals surface area contributed by atoms with Gasteiger partial charge in [0, 0.05) is 0 Å². The number of nitrogens with two attached hydrogens (primary N) is 1. The van der Waals surface area contributed by atoms with Crippen molar-refractivity contribution in [2.24, 2.45) is 5.73 Å². The van der Waals surface area contributed by atoms with Gasteiger partial charge in [-0.25, -0.2) is 22.0 Å². The van der Waals surface area contributed by atoms with Crippen LogP contribution < -0.4 is 11.1 Å². The van der Waals surface area contributed by atoms with Crippen LogP contribution in [0.1, 0.15) is 6.42 Å². The average Bonchev–Trinajstić information content (AvgIpc) is 2.44. The van der Waals surface area contributed by atoms with E-state index in [1.54, 1.807) is 11.6 Å². The highest BCUT2D eigenvalue weighted by molar-refractivity contribution is 7.98. The number of anilines is 1. The third kappa shape index (κ3) is 3.40. The zero-order valence-corrected chi connectivity index (χ0v) is 11.1. The van der Waals surface area contributed by atoms with Crippen molar-refractivity contribution in [3.05, 3.63) is 29.1 Å². The largest absolute Gasteiger partial charge is 0.320 e. The van der Waals surface area contributed by atoms with Gasteiger partial charge in [0.25, 0.3) is 0 Å². The molecule has 1 aromatic rings. The Labute approximate surface area is 115 Å². The van der Waals surface area contributed by atoms with Crippen LogP contribution in [0.15, 0.2) is 0 Å². The maximum Gasteiger partial charge on any atom is 0.241 e. The summed E-state index contributed by atoms with van der Waals surface area (Å²) in [4.78, 5) is 11.5. The highest BCUT2D eigenvalue weighted by Gasteiger charge is 2.27. The van der Waals surface area contributed by atoms with Crippen molar-refractivity contribution in [2.45, 2.75) is 12.5 Å². The first kappa shape index (κ1) is 16.7. The number of carbonyl (C=O) groups is 1. The standard InChI is InChI=1S/C11H11F5N2OS/c1-20-3-2-4(17)11(19)18-10-8(15)6(13)5(12)7(14)9(10)16/h4H,2-3,17H2,1H3,(H,18,19)/t4-/m1/s1. The van der Waals surface area contributed by atoms with E-state index in [1.807, 2.05) is 0 Å². The van der Waals surface area contributed by atoms with Gasteiger partial charge in [-0.05, 0) is 18.4 Å². The Morgan fingerprint density at radius 2 is 1.55 bits per heavy atom. The first-order valence-electron chi connectivity index (χ1n) is 5.38. The van der Waals surface area contributed by atoms with Crippen LogP contribution in [-0.2, 0) is 4.79 Å². The molecule has 9 heteroatoms. The van der Waals surface area contributed by atoms with E-state index >= 15 is 0 Å². The average molecular weight is 314 g/mol. The number of thioether (sulfide) groups is 1. The lowest BCUT2D eigenvalue weighted by molar-refractivity contribution is -0.117. The van der Waals surface area contributed by atoms with Gasteiger partial charge >= 0.3 is 0 Å². The number of amides is 1. The molecule has 3 nitrogen and oxygen atoms in total. The summed E-state index contributed by atoms with van der Waals surface area (Å²) in [6.07, 6.45) is 1.96. The van der Waals surface area contributed by atoms with E-state index in [0.717, 1.165) is 0 Å². The molecule has 112 valence electrons. The summed E-state index contributed by atoms with van der Waals surface area (Å²) in [5, 5.41) is 1.63. The normalized spacial score (nSPS) is 12.3. The molecule has 0 aliphatic heterocycles. The molecular weight excluding hydrogens is 303 g/mol. The molecule has 1 amide bonds. The number of nitrogens with one attached hydrogen (secondary N) is 1. The van der Waals surface area contributed by atoms with E-state index < -0.39 is 46.7 Å². The summed E-state index contributed by atoms with van der Waals surface area (Å²) < 4.78 is 65.2. The van der Waals surface area contributed by atoms with Crippen LogP contribution in [0.4, 0.5) is 27.6 Å². The third-order valence-corrected chi connectivity index (χ3v) is 3.07. The zero-order valence-electron chi connectivity index (χ0n) is 10.3. The fourth-order valence-electron chi connectivity index (χ4n) is 1.31. The Kier molecular flexibility index (Phi) is 5.75. The number of carbonyl (C=O) groups excluding carboxylic acids is 1. The summed E-state index contributed by atoms with van der Waals surface area (Å²) >= 11 is 1.39.